The maximum Gasteiger partial charge on any atom is 0.140 e. The van der Waals surface area contributed by atoms with Gasteiger partial charge in [0.15, 0.2) is 0 Å². The Balaban J connectivity index is 2.22. The van der Waals surface area contributed by atoms with E-state index >= 15 is 0 Å². The Kier molecular flexibility index (Phi) is 3.06. The first-order valence-corrected chi connectivity index (χ1v) is 6.80. The lowest BCUT2D eigenvalue weighted by molar-refractivity contribution is 1.34. The summed E-state index contributed by atoms with van der Waals surface area (Å²) in [5.74, 6) is 0.718. The lowest BCUT2D eigenvalue weighted by Gasteiger charge is -2.01. The zero-order valence-corrected chi connectivity index (χ0v) is 12.1. The van der Waals surface area contributed by atoms with Crippen molar-refractivity contribution in [2.45, 2.75) is 0 Å². The monoisotopic (exact) mass is 340 g/mol. The highest BCUT2D eigenvalue weighted by atomic mass is 79.9. The molecule has 18 heavy (non-hydrogen) atoms. The van der Waals surface area contributed by atoms with Gasteiger partial charge in [-0.3, -0.25) is 0 Å². The van der Waals surface area contributed by atoms with Crippen molar-refractivity contribution >= 4 is 50.2 Å². The molecule has 0 atom stereocenters. The van der Waals surface area contributed by atoms with Gasteiger partial charge in [0.2, 0.25) is 0 Å². The topological polar surface area (TPSA) is 28.7 Å². The van der Waals surface area contributed by atoms with Crippen molar-refractivity contribution in [3.8, 4) is 11.4 Å². The zero-order valence-electron chi connectivity index (χ0n) is 9.05. The molecule has 1 N–H and O–H groups in total. The molecule has 0 saturated heterocycles. The number of aromatic amines is 1. The smallest absolute Gasteiger partial charge is 0.140 e. The molecule has 0 aliphatic heterocycles. The van der Waals surface area contributed by atoms with Gasteiger partial charge in [0.05, 0.1) is 21.1 Å². The molecule has 0 spiro atoms. The molecule has 0 aliphatic carbocycles. The molecule has 3 rings (SSSR count). The third-order valence-electron chi connectivity index (χ3n) is 2.65. The molecule has 5 heteroatoms. The molecule has 3 aromatic rings. The Morgan fingerprint density at radius 3 is 2.78 bits per heavy atom. The Morgan fingerprint density at radius 2 is 1.94 bits per heavy atom. The molecule has 2 nitrogen and oxygen atoms in total. The first-order valence-electron chi connectivity index (χ1n) is 5.25. The van der Waals surface area contributed by atoms with Crippen LogP contribution in [0, 0.1) is 0 Å². The predicted molar refractivity (Wildman–Crippen MR) is 79.2 cm³/mol. The van der Waals surface area contributed by atoms with Crippen LogP contribution < -0.4 is 0 Å². The summed E-state index contributed by atoms with van der Waals surface area (Å²) in [6.07, 6.45) is 0. The summed E-state index contributed by atoms with van der Waals surface area (Å²) in [7, 11) is 0. The van der Waals surface area contributed by atoms with Crippen LogP contribution in [0.3, 0.4) is 0 Å². The minimum atomic E-state index is 0.511. The van der Waals surface area contributed by atoms with Gasteiger partial charge in [-0.05, 0) is 30.3 Å². The average molecular weight is 342 g/mol. The minimum absolute atomic E-state index is 0.511. The molecule has 0 fully saturated rings. The van der Waals surface area contributed by atoms with Gasteiger partial charge in [0.1, 0.15) is 5.82 Å². The van der Waals surface area contributed by atoms with Gasteiger partial charge < -0.3 is 4.98 Å². The Morgan fingerprint density at radius 1 is 1.11 bits per heavy atom. The van der Waals surface area contributed by atoms with E-state index in [1.807, 2.05) is 30.3 Å². The maximum absolute atomic E-state index is 6.19. The number of hydrogen-bond acceptors (Lipinski definition) is 1. The average Bonchev–Trinajstić information content (AvgIpc) is 2.75. The van der Waals surface area contributed by atoms with Gasteiger partial charge in [-0.25, -0.2) is 4.98 Å². The molecule has 1 heterocycles. The summed E-state index contributed by atoms with van der Waals surface area (Å²) in [6.45, 7) is 0. The van der Waals surface area contributed by atoms with Crippen LogP contribution in [0.25, 0.3) is 22.4 Å². The standard InChI is InChI=1S/C13H7BrCl2N2/c14-7-4-5-10-11(6-7)18-13(17-10)8-2-1-3-9(15)12(8)16/h1-6H,(H,17,18). The SMILES string of the molecule is Clc1cccc(-c2nc3ccc(Br)cc3[nH]2)c1Cl. The van der Waals surface area contributed by atoms with Crippen LogP contribution in [0.2, 0.25) is 10.0 Å². The third kappa shape index (κ3) is 2.03. The van der Waals surface area contributed by atoms with Crippen molar-refractivity contribution < 1.29 is 0 Å². The second-order valence-electron chi connectivity index (χ2n) is 3.85. The third-order valence-corrected chi connectivity index (χ3v) is 3.96. The van der Waals surface area contributed by atoms with E-state index in [1.165, 1.54) is 0 Å². The minimum Gasteiger partial charge on any atom is -0.338 e. The van der Waals surface area contributed by atoms with E-state index in [4.69, 9.17) is 23.2 Å². The van der Waals surface area contributed by atoms with E-state index in [0.717, 1.165) is 26.9 Å². The molecule has 0 unspecified atom stereocenters. The van der Waals surface area contributed by atoms with E-state index in [2.05, 4.69) is 25.9 Å². The zero-order chi connectivity index (χ0) is 12.7. The van der Waals surface area contributed by atoms with Crippen molar-refractivity contribution in [3.63, 3.8) is 0 Å². The molecule has 0 aliphatic rings. The first-order chi connectivity index (χ1) is 8.65. The number of imidazole rings is 1. The van der Waals surface area contributed by atoms with Gasteiger partial charge in [-0.2, -0.15) is 0 Å². The fraction of sp³-hybridized carbons (Fsp3) is 0. The molecule has 90 valence electrons. The number of rotatable bonds is 1. The molecule has 1 aromatic heterocycles. The number of H-pyrrole nitrogens is 1. The fourth-order valence-corrected chi connectivity index (χ4v) is 2.55. The van der Waals surface area contributed by atoms with Crippen LogP contribution in [0.1, 0.15) is 0 Å². The van der Waals surface area contributed by atoms with E-state index in [9.17, 15) is 0 Å². The molecule has 2 aromatic carbocycles. The molecule has 0 radical (unpaired) electrons. The highest BCUT2D eigenvalue weighted by Gasteiger charge is 2.11. The van der Waals surface area contributed by atoms with Gasteiger partial charge in [-0.1, -0.05) is 45.2 Å². The second-order valence-corrected chi connectivity index (χ2v) is 5.55. The highest BCUT2D eigenvalue weighted by molar-refractivity contribution is 9.10. The van der Waals surface area contributed by atoms with Crippen molar-refractivity contribution in [1.29, 1.82) is 0 Å². The van der Waals surface area contributed by atoms with Crippen LogP contribution in [0.4, 0.5) is 0 Å². The fourth-order valence-electron chi connectivity index (χ4n) is 1.80. The second kappa shape index (κ2) is 4.57. The van der Waals surface area contributed by atoms with Gasteiger partial charge in [0.25, 0.3) is 0 Å². The molecule has 0 bridgehead atoms. The predicted octanol–water partition coefficient (Wildman–Crippen LogP) is 5.30. The van der Waals surface area contributed by atoms with Gasteiger partial charge >= 0.3 is 0 Å². The number of nitrogens with zero attached hydrogens (tertiary/aromatic N) is 1. The summed E-state index contributed by atoms with van der Waals surface area (Å²) >= 11 is 15.6. The molecular formula is C13H7BrCl2N2. The number of aromatic nitrogens is 2. The number of benzene rings is 2. The summed E-state index contributed by atoms with van der Waals surface area (Å²) < 4.78 is 1.00. The number of halogens is 3. The van der Waals surface area contributed by atoms with E-state index in [-0.39, 0.29) is 0 Å². The van der Waals surface area contributed by atoms with Crippen molar-refractivity contribution in [2.24, 2.45) is 0 Å². The summed E-state index contributed by atoms with van der Waals surface area (Å²) in [5.41, 5.74) is 2.65. The highest BCUT2D eigenvalue weighted by Crippen LogP contribution is 2.33. The van der Waals surface area contributed by atoms with E-state index in [1.54, 1.807) is 6.07 Å². The molecular weight excluding hydrogens is 335 g/mol. The van der Waals surface area contributed by atoms with Crippen LogP contribution >= 0.6 is 39.1 Å². The Bertz CT molecular complexity index is 737. The van der Waals surface area contributed by atoms with Gasteiger partial charge in [-0.15, -0.1) is 0 Å². The first kappa shape index (κ1) is 12.0. The Labute approximate surface area is 122 Å². The van der Waals surface area contributed by atoms with Crippen LogP contribution in [0.15, 0.2) is 40.9 Å². The molecule has 0 saturated carbocycles. The largest absolute Gasteiger partial charge is 0.338 e. The van der Waals surface area contributed by atoms with Crippen molar-refractivity contribution in [2.75, 3.05) is 0 Å². The van der Waals surface area contributed by atoms with Crippen molar-refractivity contribution in [3.05, 3.63) is 50.9 Å². The van der Waals surface area contributed by atoms with Crippen LogP contribution in [0.5, 0.6) is 0 Å². The van der Waals surface area contributed by atoms with Crippen molar-refractivity contribution in [1.82, 2.24) is 9.97 Å². The summed E-state index contributed by atoms with van der Waals surface area (Å²) in [6, 6.07) is 11.4. The number of nitrogens with one attached hydrogen (secondary N) is 1. The number of fused-ring (bicyclic) bond motifs is 1. The summed E-state index contributed by atoms with van der Waals surface area (Å²) in [5, 5.41) is 1.04. The van der Waals surface area contributed by atoms with E-state index < -0.39 is 0 Å². The lowest BCUT2D eigenvalue weighted by Crippen LogP contribution is -1.82. The van der Waals surface area contributed by atoms with E-state index in [0.29, 0.717) is 10.0 Å². The van der Waals surface area contributed by atoms with Crippen LogP contribution in [-0.2, 0) is 0 Å². The quantitative estimate of drug-likeness (QED) is 0.639. The normalized spacial score (nSPS) is 11.1. The maximum atomic E-state index is 6.19. The number of hydrogen-bond donors (Lipinski definition) is 1. The Hall–Kier alpha value is -1.03. The van der Waals surface area contributed by atoms with Crippen LogP contribution in [-0.4, -0.2) is 9.97 Å². The summed E-state index contributed by atoms with van der Waals surface area (Å²) in [4.78, 5) is 7.74. The molecule has 0 amide bonds. The van der Waals surface area contributed by atoms with Gasteiger partial charge in [0, 0.05) is 10.0 Å². The lowest BCUT2D eigenvalue weighted by atomic mass is 10.2.